The van der Waals surface area contributed by atoms with Crippen molar-refractivity contribution in [1.82, 2.24) is 15.5 Å². The van der Waals surface area contributed by atoms with Crippen molar-refractivity contribution in [2.45, 2.75) is 12.6 Å². The van der Waals surface area contributed by atoms with Crippen LogP contribution in [0.1, 0.15) is 6.42 Å². The van der Waals surface area contributed by atoms with Crippen molar-refractivity contribution in [2.24, 2.45) is 5.84 Å². The lowest BCUT2D eigenvalue weighted by Gasteiger charge is -2.14. The largest absolute Gasteiger partial charge is 0.289 e. The fourth-order valence-corrected chi connectivity index (χ4v) is 1.47. The summed E-state index contributed by atoms with van der Waals surface area (Å²) in [7, 11) is 0. The van der Waals surface area contributed by atoms with Crippen LogP contribution in [0.2, 0.25) is 0 Å². The van der Waals surface area contributed by atoms with Crippen LogP contribution in [0.5, 0.6) is 0 Å². The van der Waals surface area contributed by atoms with Gasteiger partial charge in [0, 0.05) is 0 Å². The second-order valence-corrected chi connectivity index (χ2v) is 2.95. The minimum atomic E-state index is -0.588. The second kappa shape index (κ2) is 3.20. The molecule has 1 unspecified atom stereocenters. The highest BCUT2D eigenvalue weighted by Gasteiger charge is 2.23. The molecule has 1 aliphatic heterocycles. The van der Waals surface area contributed by atoms with E-state index in [1.165, 1.54) is 16.4 Å². The molecule has 0 saturated carbocycles. The Labute approximate surface area is 63.2 Å². The van der Waals surface area contributed by atoms with Gasteiger partial charge in [0.1, 0.15) is 0 Å². The van der Waals surface area contributed by atoms with Crippen molar-refractivity contribution < 1.29 is 4.79 Å². The van der Waals surface area contributed by atoms with Crippen LogP contribution in [0.25, 0.3) is 0 Å². The SMILES string of the molecule is [NH]C(=O)CC1NCSN1N. The van der Waals surface area contributed by atoms with Crippen LogP contribution in [0.15, 0.2) is 0 Å². The zero-order valence-electron chi connectivity index (χ0n) is 5.33. The molecule has 1 radical (unpaired) electrons. The predicted molar refractivity (Wildman–Crippen MR) is 38.1 cm³/mol. The van der Waals surface area contributed by atoms with E-state index in [1.807, 2.05) is 0 Å². The average Bonchev–Trinajstić information content (AvgIpc) is 2.15. The standard InChI is InChI=1S/C4H9N4OS/c5-3(9)1-4-7-2-10-8(4)6/h4-5,7H,1-2,6H2. The monoisotopic (exact) mass is 161 g/mol. The molecule has 1 aliphatic rings. The third kappa shape index (κ3) is 1.84. The van der Waals surface area contributed by atoms with Crippen molar-refractivity contribution >= 4 is 17.9 Å². The van der Waals surface area contributed by atoms with E-state index in [1.54, 1.807) is 0 Å². The molecule has 1 heterocycles. The van der Waals surface area contributed by atoms with Crippen molar-refractivity contribution in [3.63, 3.8) is 0 Å². The molecule has 4 N–H and O–H groups in total. The topological polar surface area (TPSA) is 82.2 Å². The van der Waals surface area contributed by atoms with Crippen molar-refractivity contribution in [3.05, 3.63) is 0 Å². The average molecular weight is 161 g/mol. The quantitative estimate of drug-likeness (QED) is 0.396. The Morgan fingerprint density at radius 2 is 2.70 bits per heavy atom. The van der Waals surface area contributed by atoms with Crippen LogP contribution in [0, 0.1) is 0 Å². The molecule has 1 atom stereocenters. The van der Waals surface area contributed by atoms with Gasteiger partial charge in [-0.05, 0) is 11.9 Å². The van der Waals surface area contributed by atoms with Gasteiger partial charge in [-0.15, -0.1) is 0 Å². The summed E-state index contributed by atoms with van der Waals surface area (Å²) in [5.74, 6) is 5.55. The van der Waals surface area contributed by atoms with Gasteiger partial charge < -0.3 is 0 Å². The van der Waals surface area contributed by atoms with Gasteiger partial charge in [0.25, 0.3) is 0 Å². The Bertz CT molecular complexity index is 141. The fourth-order valence-electron chi connectivity index (χ4n) is 0.726. The highest BCUT2D eigenvalue weighted by Crippen LogP contribution is 2.15. The molecule has 0 aromatic carbocycles. The number of nitrogens with two attached hydrogens (primary N) is 1. The van der Waals surface area contributed by atoms with E-state index >= 15 is 0 Å². The third-order valence-corrected chi connectivity index (χ3v) is 2.07. The lowest BCUT2D eigenvalue weighted by atomic mass is 10.3. The van der Waals surface area contributed by atoms with Crippen molar-refractivity contribution in [3.8, 4) is 0 Å². The summed E-state index contributed by atoms with van der Waals surface area (Å²) in [5, 5.41) is 2.96. The Morgan fingerprint density at radius 3 is 3.10 bits per heavy atom. The normalized spacial score (nSPS) is 27.1. The van der Waals surface area contributed by atoms with Crippen molar-refractivity contribution in [2.75, 3.05) is 5.88 Å². The number of hydrazine groups is 1. The Hall–Kier alpha value is -0.300. The van der Waals surface area contributed by atoms with Crippen LogP contribution in [0.4, 0.5) is 0 Å². The van der Waals surface area contributed by atoms with E-state index in [9.17, 15) is 4.79 Å². The Morgan fingerprint density at radius 1 is 2.00 bits per heavy atom. The molecule has 1 fully saturated rings. The number of carbonyl (C=O) groups is 1. The minimum Gasteiger partial charge on any atom is -0.289 e. The summed E-state index contributed by atoms with van der Waals surface area (Å²) in [6, 6.07) is 0. The first kappa shape index (κ1) is 7.80. The first-order valence-corrected chi connectivity index (χ1v) is 3.79. The number of nitrogens with zero attached hydrogens (tertiary/aromatic N) is 1. The summed E-state index contributed by atoms with van der Waals surface area (Å²) in [6.07, 6.45) is -0.00116. The molecule has 1 saturated heterocycles. The fraction of sp³-hybridized carbons (Fsp3) is 0.750. The van der Waals surface area contributed by atoms with Gasteiger partial charge in [0.2, 0.25) is 5.91 Å². The van der Waals surface area contributed by atoms with E-state index in [0.717, 1.165) is 0 Å². The van der Waals surface area contributed by atoms with Crippen LogP contribution in [0.3, 0.4) is 0 Å². The highest BCUT2D eigenvalue weighted by atomic mass is 32.2. The van der Waals surface area contributed by atoms with E-state index in [-0.39, 0.29) is 12.6 Å². The molecule has 57 valence electrons. The molecule has 1 amide bonds. The van der Waals surface area contributed by atoms with Gasteiger partial charge in [0.15, 0.2) is 0 Å². The van der Waals surface area contributed by atoms with Crippen LogP contribution >= 0.6 is 11.9 Å². The van der Waals surface area contributed by atoms with E-state index in [4.69, 9.17) is 11.6 Å². The maximum absolute atomic E-state index is 10.3. The third-order valence-electron chi connectivity index (χ3n) is 1.22. The number of rotatable bonds is 2. The molecule has 0 bridgehead atoms. The van der Waals surface area contributed by atoms with Crippen LogP contribution in [-0.4, -0.2) is 22.4 Å². The molecular weight excluding hydrogens is 152 g/mol. The van der Waals surface area contributed by atoms with E-state index < -0.39 is 5.91 Å². The lowest BCUT2D eigenvalue weighted by molar-refractivity contribution is -0.119. The molecule has 10 heavy (non-hydrogen) atoms. The van der Waals surface area contributed by atoms with Crippen molar-refractivity contribution in [1.29, 1.82) is 0 Å². The first-order valence-electron chi connectivity index (χ1n) is 2.85. The zero-order valence-corrected chi connectivity index (χ0v) is 6.15. The summed E-state index contributed by atoms with van der Waals surface area (Å²) in [5.41, 5.74) is 6.66. The summed E-state index contributed by atoms with van der Waals surface area (Å²) < 4.78 is 1.46. The van der Waals surface area contributed by atoms with Gasteiger partial charge in [-0.2, -0.15) is 4.41 Å². The molecule has 6 heteroatoms. The van der Waals surface area contributed by atoms with Gasteiger partial charge in [-0.25, -0.2) is 0 Å². The summed E-state index contributed by atoms with van der Waals surface area (Å²) in [6.45, 7) is 0. The number of nitrogens with one attached hydrogen (secondary N) is 2. The van der Waals surface area contributed by atoms with E-state index in [2.05, 4.69) is 5.32 Å². The Kier molecular flexibility index (Phi) is 2.50. The molecular formula is C4H9N4OS. The number of amides is 1. The second-order valence-electron chi connectivity index (χ2n) is 1.98. The molecule has 5 nitrogen and oxygen atoms in total. The van der Waals surface area contributed by atoms with Gasteiger partial charge in [0.05, 0.1) is 18.5 Å². The number of hydrogen-bond donors (Lipinski definition) is 2. The smallest absolute Gasteiger partial charge is 0.241 e. The molecule has 0 aliphatic carbocycles. The van der Waals surface area contributed by atoms with Crippen LogP contribution in [-0.2, 0) is 4.79 Å². The maximum Gasteiger partial charge on any atom is 0.241 e. The zero-order chi connectivity index (χ0) is 7.56. The predicted octanol–water partition coefficient (Wildman–Crippen LogP) is -1.10. The highest BCUT2D eigenvalue weighted by molar-refractivity contribution is 7.97. The lowest BCUT2D eigenvalue weighted by Crippen LogP contribution is -2.39. The Balaban J connectivity index is 2.33. The molecule has 0 aromatic heterocycles. The summed E-state index contributed by atoms with van der Waals surface area (Å²) >= 11 is 1.41. The van der Waals surface area contributed by atoms with Gasteiger partial charge in [-0.1, -0.05) is 0 Å². The molecule has 0 aromatic rings. The minimum absolute atomic E-state index is 0.156. The molecule has 0 spiro atoms. The number of carbonyl (C=O) groups excluding carboxylic acids is 1. The summed E-state index contributed by atoms with van der Waals surface area (Å²) in [4.78, 5) is 10.3. The van der Waals surface area contributed by atoms with Gasteiger partial charge >= 0.3 is 0 Å². The maximum atomic E-state index is 10.3. The first-order chi connectivity index (χ1) is 4.70. The van der Waals surface area contributed by atoms with E-state index in [0.29, 0.717) is 5.88 Å². The van der Waals surface area contributed by atoms with Gasteiger partial charge in [-0.3, -0.25) is 21.7 Å². The number of hydrogen-bond acceptors (Lipinski definition) is 5. The van der Waals surface area contributed by atoms with Crippen LogP contribution < -0.4 is 16.9 Å². The molecule has 1 rings (SSSR count).